The van der Waals surface area contributed by atoms with Crippen LogP contribution in [-0.2, 0) is 21.4 Å². The van der Waals surface area contributed by atoms with Gasteiger partial charge in [-0.25, -0.2) is 9.59 Å². The van der Waals surface area contributed by atoms with E-state index in [2.05, 4.69) is 0 Å². The van der Waals surface area contributed by atoms with Crippen LogP contribution in [0.1, 0.15) is 43.4 Å². The lowest BCUT2D eigenvalue weighted by Crippen LogP contribution is -2.41. The second-order valence-corrected chi connectivity index (χ2v) is 10.1. The van der Waals surface area contributed by atoms with Crippen LogP contribution in [0.4, 0.5) is 13.2 Å². The third kappa shape index (κ3) is 2.90. The van der Waals surface area contributed by atoms with Gasteiger partial charge in [-0.1, -0.05) is 18.2 Å². The number of hydrogen-bond donors (Lipinski definition) is 0. The number of alkyl halides is 3. The van der Waals surface area contributed by atoms with Crippen molar-refractivity contribution in [1.82, 2.24) is 4.57 Å². The summed E-state index contributed by atoms with van der Waals surface area (Å²) >= 11 is 0. The molecule has 7 rings (SSSR count). The van der Waals surface area contributed by atoms with E-state index < -0.39 is 29.3 Å². The number of cyclic esters (lactones) is 2. The summed E-state index contributed by atoms with van der Waals surface area (Å²) < 4.78 is 50.9. The zero-order valence-electron chi connectivity index (χ0n) is 18.5. The van der Waals surface area contributed by atoms with E-state index in [0.717, 1.165) is 31.3 Å². The van der Waals surface area contributed by atoms with Crippen LogP contribution >= 0.6 is 0 Å². The molecule has 172 valence electrons. The number of allylic oxidation sites excluding steroid dienone is 2. The molecule has 2 aromatic rings. The molecule has 2 heterocycles. The summed E-state index contributed by atoms with van der Waals surface area (Å²) in [6.07, 6.45) is -0.134. The average molecular weight is 455 g/mol. The minimum absolute atomic E-state index is 0.0517. The summed E-state index contributed by atoms with van der Waals surface area (Å²) in [4.78, 5) is 25.8. The number of rotatable bonds is 1. The highest BCUT2D eigenvalue weighted by atomic mass is 19.4. The Morgan fingerprint density at radius 2 is 1.58 bits per heavy atom. The SMILES string of the molecule is Cc1c(C(=C2C(=O)OC(=O)C2=C2C3CC4CC(C3)CC2C4)C(F)(F)F)c2ccccc2n1C. The second kappa shape index (κ2) is 6.84. The zero-order valence-corrected chi connectivity index (χ0v) is 18.5. The third-order valence-corrected chi connectivity index (χ3v) is 8.33. The Labute approximate surface area is 189 Å². The van der Waals surface area contributed by atoms with E-state index in [1.165, 1.54) is 6.42 Å². The van der Waals surface area contributed by atoms with E-state index in [1.807, 2.05) is 0 Å². The van der Waals surface area contributed by atoms with Gasteiger partial charge in [0.2, 0.25) is 0 Å². The molecule has 33 heavy (non-hydrogen) atoms. The number of esters is 2. The monoisotopic (exact) mass is 455 g/mol. The van der Waals surface area contributed by atoms with Crippen molar-refractivity contribution in [2.24, 2.45) is 30.7 Å². The van der Waals surface area contributed by atoms with E-state index in [1.54, 1.807) is 42.8 Å². The van der Waals surface area contributed by atoms with Crippen LogP contribution in [0.2, 0.25) is 0 Å². The Balaban J connectivity index is 1.68. The lowest BCUT2D eigenvalue weighted by atomic mass is 9.53. The summed E-state index contributed by atoms with van der Waals surface area (Å²) in [6.45, 7) is 1.61. The van der Waals surface area contributed by atoms with E-state index in [-0.39, 0.29) is 23.0 Å². The fraction of sp³-hybridized carbons (Fsp3) is 0.462. The zero-order chi connectivity index (χ0) is 23.2. The van der Waals surface area contributed by atoms with Crippen molar-refractivity contribution < 1.29 is 27.5 Å². The number of carbonyl (C=O) groups is 2. The first-order chi connectivity index (χ1) is 15.6. The first-order valence-corrected chi connectivity index (χ1v) is 11.5. The standard InChI is InChI=1S/C26H24F3NO3/c1-12-19(17-5-3-4-6-18(17)30(12)2)23(26(27,28)29)22-21(24(31)33-25(22)32)20-15-8-13-7-14(10-15)11-16(20)9-13/h3-6,13-16H,7-11H2,1-2H3. The molecule has 0 unspecified atom stereocenters. The molecule has 5 aliphatic rings. The fourth-order valence-electron chi connectivity index (χ4n) is 7.22. The second-order valence-electron chi connectivity index (χ2n) is 10.1. The number of ether oxygens (including phenoxy) is 1. The molecule has 4 saturated carbocycles. The maximum atomic E-state index is 14.8. The number of benzene rings is 1. The van der Waals surface area contributed by atoms with Crippen molar-refractivity contribution in [3.05, 3.63) is 52.2 Å². The molecule has 5 fully saturated rings. The first kappa shape index (κ1) is 20.8. The van der Waals surface area contributed by atoms with Gasteiger partial charge in [0.1, 0.15) is 0 Å². The van der Waals surface area contributed by atoms with Crippen molar-refractivity contribution in [3.63, 3.8) is 0 Å². The van der Waals surface area contributed by atoms with E-state index >= 15 is 0 Å². The molecule has 1 aliphatic heterocycles. The van der Waals surface area contributed by atoms with Gasteiger partial charge in [0.25, 0.3) is 0 Å². The van der Waals surface area contributed by atoms with Crippen LogP contribution in [0.25, 0.3) is 16.5 Å². The van der Waals surface area contributed by atoms with Crippen LogP contribution in [0, 0.1) is 30.6 Å². The van der Waals surface area contributed by atoms with Crippen molar-refractivity contribution in [3.8, 4) is 0 Å². The third-order valence-electron chi connectivity index (χ3n) is 8.33. The van der Waals surface area contributed by atoms with Crippen molar-refractivity contribution in [2.45, 2.75) is 45.2 Å². The van der Waals surface area contributed by atoms with Gasteiger partial charge in [-0.15, -0.1) is 0 Å². The summed E-state index contributed by atoms with van der Waals surface area (Å²) in [5, 5.41) is 0.402. The van der Waals surface area contributed by atoms with Gasteiger partial charge in [-0.3, -0.25) is 0 Å². The first-order valence-electron chi connectivity index (χ1n) is 11.5. The van der Waals surface area contributed by atoms with Crippen LogP contribution in [0.5, 0.6) is 0 Å². The normalized spacial score (nSPS) is 30.6. The molecule has 0 atom stereocenters. The number of hydrogen-bond acceptors (Lipinski definition) is 3. The molecule has 4 aliphatic carbocycles. The number of carbonyl (C=O) groups excluding carboxylic acids is 2. The van der Waals surface area contributed by atoms with Gasteiger partial charge in [-0.2, -0.15) is 13.2 Å². The largest absolute Gasteiger partial charge is 0.417 e. The molecule has 0 N–H and O–H groups in total. The van der Waals surface area contributed by atoms with Crippen molar-refractivity contribution in [2.75, 3.05) is 0 Å². The van der Waals surface area contributed by atoms with E-state index in [4.69, 9.17) is 4.74 Å². The molecule has 0 spiro atoms. The van der Waals surface area contributed by atoms with Gasteiger partial charge in [0, 0.05) is 29.2 Å². The molecular formula is C26H24F3NO3. The van der Waals surface area contributed by atoms with Crippen LogP contribution < -0.4 is 0 Å². The highest BCUT2D eigenvalue weighted by molar-refractivity contribution is 6.23. The van der Waals surface area contributed by atoms with Crippen LogP contribution in [0.15, 0.2) is 41.0 Å². The molecule has 1 aromatic heterocycles. The molecule has 0 amide bonds. The molecular weight excluding hydrogens is 431 g/mol. The number of nitrogens with zero attached hydrogens (tertiary/aromatic N) is 1. The summed E-state index contributed by atoms with van der Waals surface area (Å²) in [6, 6.07) is 6.82. The summed E-state index contributed by atoms with van der Waals surface area (Å²) in [5.41, 5.74) is -0.0322. The molecule has 0 radical (unpaired) electrons. The summed E-state index contributed by atoms with van der Waals surface area (Å²) in [5.74, 6) is -0.840. The van der Waals surface area contributed by atoms with E-state index in [9.17, 15) is 22.8 Å². The van der Waals surface area contributed by atoms with Crippen molar-refractivity contribution >= 4 is 28.4 Å². The predicted octanol–water partition coefficient (Wildman–Crippen LogP) is 5.64. The Hall–Kier alpha value is -2.83. The fourth-order valence-corrected chi connectivity index (χ4v) is 7.22. The molecule has 7 heteroatoms. The number of para-hydroxylation sites is 1. The van der Waals surface area contributed by atoms with Gasteiger partial charge in [-0.05, 0) is 74.3 Å². The van der Waals surface area contributed by atoms with Crippen LogP contribution in [-0.4, -0.2) is 22.7 Å². The number of fused-ring (bicyclic) bond motifs is 1. The topological polar surface area (TPSA) is 48.3 Å². The Bertz CT molecular complexity index is 1260. The highest BCUT2D eigenvalue weighted by Crippen LogP contribution is 2.59. The lowest BCUT2D eigenvalue weighted by Gasteiger charge is -2.51. The summed E-state index contributed by atoms with van der Waals surface area (Å²) in [7, 11) is 1.70. The Morgan fingerprint density at radius 1 is 0.970 bits per heavy atom. The quantitative estimate of drug-likeness (QED) is 0.318. The molecule has 4 nitrogen and oxygen atoms in total. The molecule has 4 bridgehead atoms. The Morgan fingerprint density at radius 3 is 2.18 bits per heavy atom. The number of aromatic nitrogens is 1. The highest BCUT2D eigenvalue weighted by Gasteiger charge is 2.53. The predicted molar refractivity (Wildman–Crippen MR) is 116 cm³/mol. The number of halogens is 3. The maximum Gasteiger partial charge on any atom is 0.417 e. The van der Waals surface area contributed by atoms with Crippen LogP contribution in [0.3, 0.4) is 0 Å². The van der Waals surface area contributed by atoms with Gasteiger partial charge < -0.3 is 9.30 Å². The smallest absolute Gasteiger partial charge is 0.386 e. The number of aryl methyl sites for hydroxylation is 1. The van der Waals surface area contributed by atoms with Gasteiger partial charge >= 0.3 is 18.1 Å². The maximum absolute atomic E-state index is 14.8. The van der Waals surface area contributed by atoms with Gasteiger partial charge in [0.15, 0.2) is 0 Å². The minimum Gasteiger partial charge on any atom is -0.386 e. The average Bonchev–Trinajstić information content (AvgIpc) is 3.15. The van der Waals surface area contributed by atoms with Gasteiger partial charge in [0.05, 0.1) is 16.7 Å². The van der Waals surface area contributed by atoms with Crippen molar-refractivity contribution in [1.29, 1.82) is 0 Å². The molecule has 1 saturated heterocycles. The molecule has 1 aromatic carbocycles. The minimum atomic E-state index is -4.84. The Kier molecular flexibility index (Phi) is 4.30. The van der Waals surface area contributed by atoms with E-state index in [0.29, 0.717) is 28.4 Å². The lowest BCUT2D eigenvalue weighted by molar-refractivity contribution is -0.150.